The largest absolute Gasteiger partial charge is 0.497 e. The van der Waals surface area contributed by atoms with E-state index in [0.29, 0.717) is 44.0 Å². The van der Waals surface area contributed by atoms with Gasteiger partial charge in [-0.05, 0) is 51.1 Å². The number of methoxy groups -OCH3 is 2. The maximum absolute atomic E-state index is 12.3. The molecule has 2 rings (SSSR count). The van der Waals surface area contributed by atoms with Gasteiger partial charge in [-0.2, -0.15) is 0 Å². The van der Waals surface area contributed by atoms with Gasteiger partial charge in [0.25, 0.3) is 0 Å². The molecule has 0 radical (unpaired) electrons. The molecule has 1 aromatic carbocycles. The minimum Gasteiger partial charge on any atom is -0.497 e. The maximum atomic E-state index is 12.3. The number of piperidine rings is 1. The van der Waals surface area contributed by atoms with E-state index in [0.717, 1.165) is 5.56 Å². The Morgan fingerprint density at radius 2 is 1.96 bits per heavy atom. The molecular weight excluding hydrogens is 322 g/mol. The molecule has 0 unspecified atom stereocenters. The summed E-state index contributed by atoms with van der Waals surface area (Å²) in [6, 6.07) is 5.30. The van der Waals surface area contributed by atoms with Gasteiger partial charge in [0.1, 0.15) is 11.5 Å². The molecule has 25 heavy (non-hydrogen) atoms. The number of hydrogen-bond donors (Lipinski definition) is 2. The molecule has 1 fully saturated rings. The standard InChI is InChI=1S/C18H27N3O4/c1-12(15-10-14(24-2)4-5-16(15)25-3)20-17(22)11-21-8-6-13(7-9-21)18(19)23/h4-5,10,12-13H,6-9,11H2,1-3H3,(H2,19,23)(H,20,22)/t12-/m1/s1. The summed E-state index contributed by atoms with van der Waals surface area (Å²) in [7, 11) is 3.20. The number of hydrogen-bond acceptors (Lipinski definition) is 5. The molecule has 1 aliphatic heterocycles. The van der Waals surface area contributed by atoms with Crippen LogP contribution < -0.4 is 20.5 Å². The average Bonchev–Trinajstić information content (AvgIpc) is 2.61. The zero-order chi connectivity index (χ0) is 18.4. The molecule has 0 aromatic heterocycles. The zero-order valence-corrected chi connectivity index (χ0v) is 15.1. The topological polar surface area (TPSA) is 93.9 Å². The van der Waals surface area contributed by atoms with E-state index in [4.69, 9.17) is 15.2 Å². The van der Waals surface area contributed by atoms with Crippen molar-refractivity contribution in [1.29, 1.82) is 0 Å². The Bertz CT molecular complexity index is 612. The highest BCUT2D eigenvalue weighted by atomic mass is 16.5. The Kier molecular flexibility index (Phi) is 6.64. The van der Waals surface area contributed by atoms with Crippen LogP contribution in [0.5, 0.6) is 11.5 Å². The second-order valence-electron chi connectivity index (χ2n) is 6.35. The number of carbonyl (C=O) groups excluding carboxylic acids is 2. The summed E-state index contributed by atoms with van der Waals surface area (Å²) >= 11 is 0. The van der Waals surface area contributed by atoms with Gasteiger partial charge in [-0.15, -0.1) is 0 Å². The number of rotatable bonds is 7. The third-order valence-electron chi connectivity index (χ3n) is 4.64. The molecule has 0 saturated carbocycles. The van der Waals surface area contributed by atoms with Gasteiger partial charge in [-0.25, -0.2) is 0 Å². The van der Waals surface area contributed by atoms with Crippen LogP contribution in [0, 0.1) is 5.92 Å². The summed E-state index contributed by atoms with van der Waals surface area (Å²) in [5.41, 5.74) is 6.20. The lowest BCUT2D eigenvalue weighted by molar-refractivity contribution is -0.124. The molecule has 0 aliphatic carbocycles. The minimum absolute atomic E-state index is 0.0603. The Balaban J connectivity index is 1.91. The lowest BCUT2D eigenvalue weighted by Gasteiger charge is -2.30. The van der Waals surface area contributed by atoms with Crippen molar-refractivity contribution in [2.45, 2.75) is 25.8 Å². The van der Waals surface area contributed by atoms with Crippen molar-refractivity contribution in [3.05, 3.63) is 23.8 Å². The predicted molar refractivity (Wildman–Crippen MR) is 94.5 cm³/mol. The molecule has 1 aliphatic rings. The molecule has 1 heterocycles. The first kappa shape index (κ1) is 19.1. The normalized spacial score (nSPS) is 16.9. The van der Waals surface area contributed by atoms with E-state index in [1.807, 2.05) is 30.0 Å². The molecule has 0 bridgehead atoms. The number of ether oxygens (including phenoxy) is 2. The molecule has 1 atom stereocenters. The number of amides is 2. The molecule has 2 amide bonds. The fourth-order valence-corrected chi connectivity index (χ4v) is 3.12. The van der Waals surface area contributed by atoms with Crippen molar-refractivity contribution in [3.8, 4) is 11.5 Å². The third-order valence-corrected chi connectivity index (χ3v) is 4.64. The first-order valence-electron chi connectivity index (χ1n) is 8.47. The smallest absolute Gasteiger partial charge is 0.234 e. The molecule has 1 aromatic rings. The van der Waals surface area contributed by atoms with Crippen LogP contribution in [-0.2, 0) is 9.59 Å². The lowest BCUT2D eigenvalue weighted by atomic mass is 9.96. The summed E-state index contributed by atoms with van der Waals surface area (Å²) in [5.74, 6) is 1.04. The molecule has 7 heteroatoms. The monoisotopic (exact) mass is 349 g/mol. The molecule has 3 N–H and O–H groups in total. The van der Waals surface area contributed by atoms with Crippen LogP contribution in [-0.4, -0.2) is 50.6 Å². The van der Waals surface area contributed by atoms with Crippen molar-refractivity contribution >= 4 is 11.8 Å². The van der Waals surface area contributed by atoms with Gasteiger partial charge in [0.05, 0.1) is 26.8 Å². The van der Waals surface area contributed by atoms with E-state index in [-0.39, 0.29) is 23.8 Å². The van der Waals surface area contributed by atoms with Crippen LogP contribution >= 0.6 is 0 Å². The molecule has 0 spiro atoms. The number of nitrogens with two attached hydrogens (primary N) is 1. The zero-order valence-electron chi connectivity index (χ0n) is 15.1. The van der Waals surface area contributed by atoms with Crippen LogP contribution in [0.4, 0.5) is 0 Å². The number of carbonyl (C=O) groups is 2. The van der Waals surface area contributed by atoms with Gasteiger partial charge < -0.3 is 20.5 Å². The van der Waals surface area contributed by atoms with Crippen molar-refractivity contribution in [1.82, 2.24) is 10.2 Å². The summed E-state index contributed by atoms with van der Waals surface area (Å²) in [5, 5.41) is 3.00. The van der Waals surface area contributed by atoms with E-state index in [1.54, 1.807) is 14.2 Å². The molecular formula is C18H27N3O4. The van der Waals surface area contributed by atoms with E-state index >= 15 is 0 Å². The SMILES string of the molecule is COc1ccc(OC)c([C@@H](C)NC(=O)CN2CCC(C(N)=O)CC2)c1. The average molecular weight is 349 g/mol. The van der Waals surface area contributed by atoms with Gasteiger partial charge in [0, 0.05) is 11.5 Å². The van der Waals surface area contributed by atoms with Crippen molar-refractivity contribution in [2.24, 2.45) is 11.7 Å². The Morgan fingerprint density at radius 3 is 2.52 bits per heavy atom. The first-order chi connectivity index (χ1) is 11.9. The van der Waals surface area contributed by atoms with Crippen LogP contribution in [0.15, 0.2) is 18.2 Å². The van der Waals surface area contributed by atoms with Crippen molar-refractivity contribution in [2.75, 3.05) is 33.9 Å². The molecule has 7 nitrogen and oxygen atoms in total. The molecule has 1 saturated heterocycles. The second-order valence-corrected chi connectivity index (χ2v) is 6.35. The predicted octanol–water partition coefficient (Wildman–Crippen LogP) is 1.08. The highest BCUT2D eigenvalue weighted by molar-refractivity contribution is 5.79. The highest BCUT2D eigenvalue weighted by Gasteiger charge is 2.24. The highest BCUT2D eigenvalue weighted by Crippen LogP contribution is 2.29. The summed E-state index contributed by atoms with van der Waals surface area (Å²) < 4.78 is 10.6. The number of primary amides is 1. The Morgan fingerprint density at radius 1 is 1.28 bits per heavy atom. The lowest BCUT2D eigenvalue weighted by Crippen LogP contribution is -2.44. The van der Waals surface area contributed by atoms with E-state index in [1.165, 1.54) is 0 Å². The van der Waals surface area contributed by atoms with Crippen molar-refractivity contribution < 1.29 is 19.1 Å². The van der Waals surface area contributed by atoms with E-state index in [2.05, 4.69) is 5.32 Å². The van der Waals surface area contributed by atoms with Crippen molar-refractivity contribution in [3.63, 3.8) is 0 Å². The van der Waals surface area contributed by atoms with Crippen LogP contribution in [0.2, 0.25) is 0 Å². The fraction of sp³-hybridized carbons (Fsp3) is 0.556. The first-order valence-corrected chi connectivity index (χ1v) is 8.47. The second kappa shape index (κ2) is 8.71. The summed E-state index contributed by atoms with van der Waals surface area (Å²) in [6.45, 7) is 3.63. The van der Waals surface area contributed by atoms with Crippen LogP contribution in [0.3, 0.4) is 0 Å². The number of nitrogens with zero attached hydrogens (tertiary/aromatic N) is 1. The van der Waals surface area contributed by atoms with Gasteiger partial charge >= 0.3 is 0 Å². The quantitative estimate of drug-likeness (QED) is 0.768. The number of benzene rings is 1. The van der Waals surface area contributed by atoms with E-state index in [9.17, 15) is 9.59 Å². The van der Waals surface area contributed by atoms with Gasteiger partial charge in [-0.3, -0.25) is 14.5 Å². The van der Waals surface area contributed by atoms with Crippen LogP contribution in [0.25, 0.3) is 0 Å². The Hall–Kier alpha value is -2.28. The Labute approximate surface area is 148 Å². The minimum atomic E-state index is -0.247. The number of nitrogens with one attached hydrogen (secondary N) is 1. The summed E-state index contributed by atoms with van der Waals surface area (Å²) in [6.07, 6.45) is 1.42. The summed E-state index contributed by atoms with van der Waals surface area (Å²) in [4.78, 5) is 25.6. The van der Waals surface area contributed by atoms with Gasteiger partial charge in [0.2, 0.25) is 11.8 Å². The molecule has 138 valence electrons. The van der Waals surface area contributed by atoms with Gasteiger partial charge in [0.15, 0.2) is 0 Å². The van der Waals surface area contributed by atoms with Crippen LogP contribution in [0.1, 0.15) is 31.4 Å². The third kappa shape index (κ3) is 5.09. The van der Waals surface area contributed by atoms with E-state index < -0.39 is 0 Å². The number of likely N-dealkylation sites (tertiary alicyclic amines) is 1. The maximum Gasteiger partial charge on any atom is 0.234 e. The van der Waals surface area contributed by atoms with Gasteiger partial charge in [-0.1, -0.05) is 0 Å². The fourth-order valence-electron chi connectivity index (χ4n) is 3.12.